The highest BCUT2D eigenvalue weighted by Crippen LogP contribution is 2.30. The molecule has 0 saturated heterocycles. The van der Waals surface area contributed by atoms with E-state index >= 15 is 0 Å². The first kappa shape index (κ1) is 15.3. The maximum atomic E-state index is 5.97. The number of hydrogen-bond acceptors (Lipinski definition) is 4. The van der Waals surface area contributed by atoms with Crippen molar-refractivity contribution in [2.45, 2.75) is 19.1 Å². The van der Waals surface area contributed by atoms with Gasteiger partial charge in [0.25, 0.3) is 0 Å². The minimum atomic E-state index is -0.146. The first-order valence-corrected chi connectivity index (χ1v) is 7.66. The van der Waals surface area contributed by atoms with Crippen LogP contribution in [0.5, 0.6) is 5.75 Å². The van der Waals surface area contributed by atoms with Crippen LogP contribution >= 0.6 is 22.9 Å². The lowest BCUT2D eigenvalue weighted by Crippen LogP contribution is -2.27. The van der Waals surface area contributed by atoms with E-state index in [4.69, 9.17) is 26.8 Å². The fourth-order valence-electron chi connectivity index (χ4n) is 1.83. The molecule has 0 aliphatic rings. The normalized spacial score (nSPS) is 13.9. The molecular weight excluding hydrogens is 294 g/mol. The van der Waals surface area contributed by atoms with Gasteiger partial charge in [0.2, 0.25) is 0 Å². The van der Waals surface area contributed by atoms with Crippen molar-refractivity contribution >= 4 is 22.9 Å². The quantitative estimate of drug-likeness (QED) is 0.789. The molecule has 2 atom stereocenters. The van der Waals surface area contributed by atoms with Crippen molar-refractivity contribution in [3.8, 4) is 5.75 Å². The zero-order chi connectivity index (χ0) is 14.4. The van der Waals surface area contributed by atoms with E-state index in [1.807, 2.05) is 49.4 Å². The van der Waals surface area contributed by atoms with E-state index < -0.39 is 0 Å². The fraction of sp³-hybridized carbons (Fsp3) is 0.333. The molecule has 3 nitrogen and oxygen atoms in total. The standard InChI is InChI=1S/C15H18ClNO2S/c1-11(17)15(13-7-8-14(16)20-13)19-10-9-18-12-5-3-2-4-6-12/h2-8,11,15H,9-10,17H2,1H3. The molecule has 0 amide bonds. The monoisotopic (exact) mass is 311 g/mol. The molecule has 2 N–H and O–H groups in total. The van der Waals surface area contributed by atoms with E-state index in [9.17, 15) is 0 Å². The maximum absolute atomic E-state index is 5.97. The van der Waals surface area contributed by atoms with Crippen LogP contribution in [0.15, 0.2) is 42.5 Å². The molecule has 20 heavy (non-hydrogen) atoms. The number of rotatable bonds is 7. The SMILES string of the molecule is CC(N)C(OCCOc1ccccc1)c1ccc(Cl)s1. The van der Waals surface area contributed by atoms with Gasteiger partial charge < -0.3 is 15.2 Å². The molecule has 2 rings (SSSR count). The summed E-state index contributed by atoms with van der Waals surface area (Å²) in [6, 6.07) is 13.4. The second-order valence-electron chi connectivity index (χ2n) is 4.45. The Morgan fingerprint density at radius 3 is 2.50 bits per heavy atom. The predicted octanol–water partition coefficient (Wildman–Crippen LogP) is 3.89. The Labute approximate surface area is 128 Å². The lowest BCUT2D eigenvalue weighted by molar-refractivity contribution is 0.0229. The lowest BCUT2D eigenvalue weighted by Gasteiger charge is -2.20. The summed E-state index contributed by atoms with van der Waals surface area (Å²) in [5, 5.41) is 0. The number of nitrogens with two attached hydrogens (primary N) is 1. The van der Waals surface area contributed by atoms with Crippen LogP contribution < -0.4 is 10.5 Å². The lowest BCUT2D eigenvalue weighted by atomic mass is 10.1. The molecular formula is C15H18ClNO2S. The van der Waals surface area contributed by atoms with Crippen molar-refractivity contribution in [2.24, 2.45) is 5.73 Å². The molecule has 2 unspecified atom stereocenters. The van der Waals surface area contributed by atoms with Gasteiger partial charge in [-0.2, -0.15) is 0 Å². The molecule has 1 heterocycles. The summed E-state index contributed by atoms with van der Waals surface area (Å²) in [4.78, 5) is 1.05. The highest BCUT2D eigenvalue weighted by molar-refractivity contribution is 7.16. The largest absolute Gasteiger partial charge is 0.491 e. The second kappa shape index (κ2) is 7.64. The van der Waals surface area contributed by atoms with E-state index in [1.165, 1.54) is 11.3 Å². The van der Waals surface area contributed by atoms with Crippen molar-refractivity contribution in [1.29, 1.82) is 0 Å². The molecule has 2 aromatic rings. The van der Waals surface area contributed by atoms with E-state index in [0.29, 0.717) is 13.2 Å². The van der Waals surface area contributed by atoms with Gasteiger partial charge in [-0.15, -0.1) is 11.3 Å². The highest BCUT2D eigenvalue weighted by Gasteiger charge is 2.18. The van der Waals surface area contributed by atoms with Crippen molar-refractivity contribution in [3.63, 3.8) is 0 Å². The minimum absolute atomic E-state index is 0.0959. The van der Waals surface area contributed by atoms with E-state index in [2.05, 4.69) is 0 Å². The Hall–Kier alpha value is -1.07. The van der Waals surface area contributed by atoms with Crippen LogP contribution in [0.1, 0.15) is 17.9 Å². The molecule has 0 fully saturated rings. The first-order valence-electron chi connectivity index (χ1n) is 6.47. The van der Waals surface area contributed by atoms with Gasteiger partial charge in [0.05, 0.1) is 10.9 Å². The van der Waals surface area contributed by atoms with Gasteiger partial charge in [0.1, 0.15) is 18.5 Å². The molecule has 0 aliphatic carbocycles. The third-order valence-electron chi connectivity index (χ3n) is 2.74. The van der Waals surface area contributed by atoms with Gasteiger partial charge in [0.15, 0.2) is 0 Å². The zero-order valence-corrected chi connectivity index (χ0v) is 12.9. The average Bonchev–Trinajstić information content (AvgIpc) is 2.85. The van der Waals surface area contributed by atoms with Crippen molar-refractivity contribution in [1.82, 2.24) is 0 Å². The van der Waals surface area contributed by atoms with Gasteiger partial charge in [0, 0.05) is 10.9 Å². The molecule has 5 heteroatoms. The number of ether oxygens (including phenoxy) is 2. The minimum Gasteiger partial charge on any atom is -0.491 e. The molecule has 1 aromatic heterocycles. The van der Waals surface area contributed by atoms with Crippen LogP contribution in [-0.4, -0.2) is 19.3 Å². The van der Waals surface area contributed by atoms with Crippen LogP contribution in [0.3, 0.4) is 0 Å². The van der Waals surface area contributed by atoms with Crippen LogP contribution in [0.2, 0.25) is 4.34 Å². The van der Waals surface area contributed by atoms with Crippen LogP contribution in [0.4, 0.5) is 0 Å². The van der Waals surface area contributed by atoms with E-state index in [0.717, 1.165) is 15.0 Å². The Kier molecular flexibility index (Phi) is 5.86. The third kappa shape index (κ3) is 4.49. The van der Waals surface area contributed by atoms with Crippen molar-refractivity contribution < 1.29 is 9.47 Å². The topological polar surface area (TPSA) is 44.5 Å². The van der Waals surface area contributed by atoms with E-state index in [1.54, 1.807) is 0 Å². The molecule has 0 spiro atoms. The smallest absolute Gasteiger partial charge is 0.119 e. The van der Waals surface area contributed by atoms with Crippen LogP contribution in [-0.2, 0) is 4.74 Å². The van der Waals surface area contributed by atoms with E-state index in [-0.39, 0.29) is 12.1 Å². The summed E-state index contributed by atoms with van der Waals surface area (Å²) >= 11 is 7.45. The predicted molar refractivity (Wildman–Crippen MR) is 83.6 cm³/mol. The van der Waals surface area contributed by atoms with Gasteiger partial charge in [-0.25, -0.2) is 0 Å². The summed E-state index contributed by atoms with van der Waals surface area (Å²) < 4.78 is 12.2. The summed E-state index contributed by atoms with van der Waals surface area (Å²) in [6.07, 6.45) is -0.146. The summed E-state index contributed by atoms with van der Waals surface area (Å²) in [6.45, 7) is 2.90. The van der Waals surface area contributed by atoms with Crippen molar-refractivity contribution in [3.05, 3.63) is 51.7 Å². The molecule has 0 radical (unpaired) electrons. The zero-order valence-electron chi connectivity index (χ0n) is 11.3. The van der Waals surface area contributed by atoms with Gasteiger partial charge in [-0.3, -0.25) is 0 Å². The summed E-state index contributed by atoms with van der Waals surface area (Å²) in [5.41, 5.74) is 5.97. The molecule has 1 aromatic carbocycles. The fourth-order valence-corrected chi connectivity index (χ4v) is 3.05. The number of para-hydroxylation sites is 1. The summed E-state index contributed by atoms with van der Waals surface area (Å²) in [7, 11) is 0. The molecule has 0 bridgehead atoms. The van der Waals surface area contributed by atoms with Gasteiger partial charge in [-0.05, 0) is 31.2 Å². The highest BCUT2D eigenvalue weighted by atomic mass is 35.5. The van der Waals surface area contributed by atoms with Gasteiger partial charge >= 0.3 is 0 Å². The van der Waals surface area contributed by atoms with Crippen LogP contribution in [0, 0.1) is 0 Å². The Morgan fingerprint density at radius 2 is 1.90 bits per heavy atom. The molecule has 108 valence electrons. The summed E-state index contributed by atoms with van der Waals surface area (Å²) in [5.74, 6) is 0.840. The Balaban J connectivity index is 1.81. The number of thiophene rings is 1. The van der Waals surface area contributed by atoms with Crippen LogP contribution in [0.25, 0.3) is 0 Å². The Morgan fingerprint density at radius 1 is 1.15 bits per heavy atom. The third-order valence-corrected chi connectivity index (χ3v) is 4.04. The maximum Gasteiger partial charge on any atom is 0.119 e. The van der Waals surface area contributed by atoms with Crippen molar-refractivity contribution in [2.75, 3.05) is 13.2 Å². The average molecular weight is 312 g/mol. The molecule has 0 saturated carbocycles. The van der Waals surface area contributed by atoms with Gasteiger partial charge in [-0.1, -0.05) is 29.8 Å². The Bertz CT molecular complexity index is 516. The number of benzene rings is 1. The molecule has 0 aliphatic heterocycles. The number of halogens is 1. The second-order valence-corrected chi connectivity index (χ2v) is 6.20. The first-order chi connectivity index (χ1) is 9.66. The number of hydrogen-bond donors (Lipinski definition) is 1.